The molecule has 0 heterocycles. The van der Waals surface area contributed by atoms with Gasteiger partial charge in [0.1, 0.15) is 0 Å². The van der Waals surface area contributed by atoms with E-state index in [0.717, 1.165) is 31.8 Å². The van der Waals surface area contributed by atoms with Crippen LogP contribution in [0, 0.1) is 0 Å². The topological polar surface area (TPSA) is 62.7 Å². The van der Waals surface area contributed by atoms with Gasteiger partial charge in [-0.15, -0.1) is 0 Å². The number of carbonyl (C=O) groups is 1. The summed E-state index contributed by atoms with van der Waals surface area (Å²) >= 11 is 0. The molecule has 0 fully saturated rings. The second-order valence-corrected chi connectivity index (χ2v) is 5.78. The van der Waals surface area contributed by atoms with Gasteiger partial charge < -0.3 is 15.4 Å². The number of rotatable bonds is 12. The number of ether oxygens (including phenoxy) is 1. The minimum absolute atomic E-state index is 0.123. The fourth-order valence-electron chi connectivity index (χ4n) is 2.26. The predicted molar refractivity (Wildman–Crippen MR) is 93.2 cm³/mol. The highest BCUT2D eigenvalue weighted by Crippen LogP contribution is 2.05. The van der Waals surface area contributed by atoms with Crippen molar-refractivity contribution in [2.45, 2.75) is 77.7 Å². The molecule has 0 spiro atoms. The molecule has 0 aromatic heterocycles. The molecule has 130 valence electrons. The number of nitrogens with one attached hydrogen (secondary N) is 2. The summed E-state index contributed by atoms with van der Waals surface area (Å²) in [6.07, 6.45) is 9.81. The number of hydrogen-bond acceptors (Lipinski definition) is 3. The third kappa shape index (κ3) is 12.5. The summed E-state index contributed by atoms with van der Waals surface area (Å²) in [5.41, 5.74) is 0. The fourth-order valence-corrected chi connectivity index (χ4v) is 2.26. The monoisotopic (exact) mass is 313 g/mol. The van der Waals surface area contributed by atoms with Gasteiger partial charge >= 0.3 is 5.97 Å². The van der Waals surface area contributed by atoms with E-state index in [2.05, 4.69) is 34.2 Å². The largest absolute Gasteiger partial charge is 0.469 e. The zero-order valence-corrected chi connectivity index (χ0v) is 14.9. The number of methoxy groups -OCH3 is 1. The van der Waals surface area contributed by atoms with Crippen LogP contribution in [0.3, 0.4) is 0 Å². The molecular weight excluding hydrogens is 278 g/mol. The van der Waals surface area contributed by atoms with Gasteiger partial charge in [0.15, 0.2) is 5.96 Å². The van der Waals surface area contributed by atoms with Crippen LogP contribution in [0.1, 0.15) is 71.6 Å². The normalized spacial score (nSPS) is 12.8. The lowest BCUT2D eigenvalue weighted by Crippen LogP contribution is -2.42. The molecule has 0 bridgehead atoms. The summed E-state index contributed by atoms with van der Waals surface area (Å²) < 4.78 is 4.62. The van der Waals surface area contributed by atoms with Gasteiger partial charge in [0.25, 0.3) is 0 Å². The van der Waals surface area contributed by atoms with Crippen molar-refractivity contribution >= 4 is 11.9 Å². The van der Waals surface area contributed by atoms with Gasteiger partial charge in [-0.2, -0.15) is 0 Å². The Bertz CT molecular complexity index is 306. The zero-order valence-electron chi connectivity index (χ0n) is 14.9. The molecule has 2 N–H and O–H groups in total. The van der Waals surface area contributed by atoms with Crippen LogP contribution < -0.4 is 10.6 Å². The van der Waals surface area contributed by atoms with Crippen LogP contribution in [0.4, 0.5) is 0 Å². The van der Waals surface area contributed by atoms with Crippen LogP contribution in [0.15, 0.2) is 4.99 Å². The Morgan fingerprint density at radius 2 is 1.86 bits per heavy atom. The van der Waals surface area contributed by atoms with Crippen LogP contribution in [-0.2, 0) is 9.53 Å². The predicted octanol–water partition coefficient (Wildman–Crippen LogP) is 3.24. The Kier molecular flexibility index (Phi) is 13.8. The van der Waals surface area contributed by atoms with E-state index in [1.54, 1.807) is 7.05 Å². The first-order valence-corrected chi connectivity index (χ1v) is 8.68. The third-order valence-electron chi connectivity index (χ3n) is 3.68. The van der Waals surface area contributed by atoms with Gasteiger partial charge in [0.2, 0.25) is 0 Å². The highest BCUT2D eigenvalue weighted by molar-refractivity contribution is 5.79. The molecule has 0 aliphatic rings. The smallest absolute Gasteiger partial charge is 0.305 e. The molecule has 5 nitrogen and oxygen atoms in total. The Morgan fingerprint density at radius 1 is 1.14 bits per heavy atom. The highest BCUT2D eigenvalue weighted by atomic mass is 16.5. The summed E-state index contributed by atoms with van der Waals surface area (Å²) in [4.78, 5) is 15.2. The summed E-state index contributed by atoms with van der Waals surface area (Å²) in [5, 5.41) is 6.75. The Labute approximate surface area is 136 Å². The minimum Gasteiger partial charge on any atom is -0.469 e. The fraction of sp³-hybridized carbons (Fsp3) is 0.882. The molecule has 0 aromatic carbocycles. The first-order valence-electron chi connectivity index (χ1n) is 8.68. The lowest BCUT2D eigenvalue weighted by molar-refractivity contribution is -0.140. The van der Waals surface area contributed by atoms with Crippen LogP contribution in [0.25, 0.3) is 0 Å². The van der Waals surface area contributed by atoms with E-state index >= 15 is 0 Å². The molecule has 1 atom stereocenters. The maximum absolute atomic E-state index is 11.0. The van der Waals surface area contributed by atoms with Gasteiger partial charge in [-0.1, -0.05) is 39.0 Å². The lowest BCUT2D eigenvalue weighted by Gasteiger charge is -2.17. The number of guanidine groups is 1. The zero-order chi connectivity index (χ0) is 16.6. The molecule has 22 heavy (non-hydrogen) atoms. The van der Waals surface area contributed by atoms with Crippen molar-refractivity contribution in [3.8, 4) is 0 Å². The van der Waals surface area contributed by atoms with E-state index in [4.69, 9.17) is 0 Å². The first kappa shape index (κ1) is 20.7. The van der Waals surface area contributed by atoms with E-state index in [9.17, 15) is 4.79 Å². The summed E-state index contributed by atoms with van der Waals surface area (Å²) in [5.74, 6) is 0.748. The molecule has 0 saturated heterocycles. The Morgan fingerprint density at radius 3 is 2.50 bits per heavy atom. The summed E-state index contributed by atoms with van der Waals surface area (Å²) in [6, 6.07) is 0.447. The van der Waals surface area contributed by atoms with Gasteiger partial charge in [-0.3, -0.25) is 9.79 Å². The number of aliphatic imine (C=N–C) groups is 1. The SMILES string of the molecule is CCCCCCC(C)NC(=NC)NCCCCCC(=O)OC. The van der Waals surface area contributed by atoms with Crippen molar-refractivity contribution in [2.75, 3.05) is 20.7 Å². The summed E-state index contributed by atoms with van der Waals surface area (Å²) in [6.45, 7) is 5.32. The number of esters is 1. The first-order chi connectivity index (χ1) is 10.6. The van der Waals surface area contributed by atoms with E-state index in [1.165, 1.54) is 39.2 Å². The molecule has 0 rings (SSSR count). The van der Waals surface area contributed by atoms with E-state index in [0.29, 0.717) is 12.5 Å². The second-order valence-electron chi connectivity index (χ2n) is 5.78. The molecule has 0 amide bonds. The maximum Gasteiger partial charge on any atom is 0.305 e. The van der Waals surface area contributed by atoms with Crippen LogP contribution in [0.2, 0.25) is 0 Å². The average molecular weight is 313 g/mol. The van der Waals surface area contributed by atoms with Gasteiger partial charge in [-0.05, 0) is 26.2 Å². The Hall–Kier alpha value is -1.26. The number of unbranched alkanes of at least 4 members (excludes halogenated alkanes) is 5. The van der Waals surface area contributed by atoms with Crippen molar-refractivity contribution in [1.82, 2.24) is 10.6 Å². The molecule has 5 heteroatoms. The average Bonchev–Trinajstić information content (AvgIpc) is 2.53. The van der Waals surface area contributed by atoms with Gasteiger partial charge in [0.05, 0.1) is 7.11 Å². The molecule has 0 saturated carbocycles. The second kappa shape index (κ2) is 14.7. The van der Waals surface area contributed by atoms with Crippen molar-refractivity contribution in [1.29, 1.82) is 0 Å². The van der Waals surface area contributed by atoms with Crippen molar-refractivity contribution < 1.29 is 9.53 Å². The molecule has 0 aliphatic carbocycles. The number of nitrogens with zero attached hydrogens (tertiary/aromatic N) is 1. The van der Waals surface area contributed by atoms with Crippen LogP contribution in [0.5, 0.6) is 0 Å². The molecule has 0 radical (unpaired) electrons. The number of hydrogen-bond donors (Lipinski definition) is 2. The van der Waals surface area contributed by atoms with Crippen molar-refractivity contribution in [3.63, 3.8) is 0 Å². The van der Waals surface area contributed by atoms with E-state index < -0.39 is 0 Å². The van der Waals surface area contributed by atoms with Gasteiger partial charge in [0, 0.05) is 26.1 Å². The Balaban J connectivity index is 3.64. The maximum atomic E-state index is 11.0. The quantitative estimate of drug-likeness (QED) is 0.251. The van der Waals surface area contributed by atoms with Crippen molar-refractivity contribution in [3.05, 3.63) is 0 Å². The van der Waals surface area contributed by atoms with Crippen LogP contribution in [-0.4, -0.2) is 38.7 Å². The van der Waals surface area contributed by atoms with Crippen molar-refractivity contribution in [2.24, 2.45) is 4.99 Å². The lowest BCUT2D eigenvalue weighted by atomic mass is 10.1. The minimum atomic E-state index is -0.123. The van der Waals surface area contributed by atoms with Gasteiger partial charge in [-0.25, -0.2) is 0 Å². The van der Waals surface area contributed by atoms with E-state index in [-0.39, 0.29) is 5.97 Å². The standard InChI is InChI=1S/C17H35N3O2/c1-5-6-7-9-12-15(2)20-17(18-3)19-14-11-8-10-13-16(21)22-4/h15H,5-14H2,1-4H3,(H2,18,19,20). The molecule has 0 aliphatic heterocycles. The molecular formula is C17H35N3O2. The number of carbonyl (C=O) groups excluding carboxylic acids is 1. The molecule has 0 aromatic rings. The highest BCUT2D eigenvalue weighted by Gasteiger charge is 2.05. The van der Waals surface area contributed by atoms with Crippen LogP contribution >= 0.6 is 0 Å². The third-order valence-corrected chi connectivity index (χ3v) is 3.68. The van der Waals surface area contributed by atoms with E-state index in [1.807, 2.05) is 0 Å². The molecule has 1 unspecified atom stereocenters. The summed E-state index contributed by atoms with van der Waals surface area (Å²) in [7, 11) is 3.24.